The highest BCUT2D eigenvalue weighted by atomic mass is 35.5. The van der Waals surface area contributed by atoms with Gasteiger partial charge in [-0.2, -0.15) is 0 Å². The van der Waals surface area contributed by atoms with E-state index in [9.17, 15) is 4.79 Å². The SMILES string of the molecule is NCCC(=O)NCCOc1ccccc1Cl. The largest absolute Gasteiger partial charge is 0.490 e. The fraction of sp³-hybridized carbons (Fsp3) is 0.364. The van der Waals surface area contributed by atoms with Crippen molar-refractivity contribution in [2.75, 3.05) is 19.7 Å². The molecule has 0 fully saturated rings. The lowest BCUT2D eigenvalue weighted by atomic mass is 10.3. The van der Waals surface area contributed by atoms with Crippen molar-refractivity contribution < 1.29 is 9.53 Å². The summed E-state index contributed by atoms with van der Waals surface area (Å²) in [6.07, 6.45) is 0.339. The van der Waals surface area contributed by atoms with E-state index >= 15 is 0 Å². The fourth-order valence-corrected chi connectivity index (χ4v) is 1.32. The van der Waals surface area contributed by atoms with Crippen LogP contribution in [0.4, 0.5) is 0 Å². The number of carbonyl (C=O) groups excluding carboxylic acids is 1. The Morgan fingerprint density at radius 3 is 2.88 bits per heavy atom. The maximum atomic E-state index is 11.0. The minimum absolute atomic E-state index is 0.0646. The van der Waals surface area contributed by atoms with Gasteiger partial charge in [0.2, 0.25) is 5.91 Å². The molecule has 5 heteroatoms. The maximum Gasteiger partial charge on any atom is 0.221 e. The average Bonchev–Trinajstić information content (AvgIpc) is 2.27. The number of halogens is 1. The molecule has 0 saturated carbocycles. The zero-order valence-electron chi connectivity index (χ0n) is 8.91. The van der Waals surface area contributed by atoms with Gasteiger partial charge in [-0.1, -0.05) is 23.7 Å². The molecular formula is C11H15ClN2O2. The van der Waals surface area contributed by atoms with Crippen LogP contribution in [0, 0.1) is 0 Å². The molecule has 1 amide bonds. The van der Waals surface area contributed by atoms with E-state index in [1.807, 2.05) is 12.1 Å². The minimum Gasteiger partial charge on any atom is -0.490 e. The highest BCUT2D eigenvalue weighted by Gasteiger charge is 2.00. The lowest BCUT2D eigenvalue weighted by molar-refractivity contribution is -0.120. The Balaban J connectivity index is 2.21. The first-order valence-corrected chi connectivity index (χ1v) is 5.46. The van der Waals surface area contributed by atoms with E-state index in [0.717, 1.165) is 0 Å². The summed E-state index contributed by atoms with van der Waals surface area (Å²) in [7, 11) is 0. The molecule has 0 aliphatic rings. The van der Waals surface area contributed by atoms with Crippen LogP contribution in [0.15, 0.2) is 24.3 Å². The third-order valence-electron chi connectivity index (χ3n) is 1.89. The van der Waals surface area contributed by atoms with Crippen LogP contribution in [0.5, 0.6) is 5.75 Å². The Bertz CT molecular complexity index is 345. The van der Waals surface area contributed by atoms with Crippen molar-refractivity contribution in [1.29, 1.82) is 0 Å². The van der Waals surface area contributed by atoms with Gasteiger partial charge in [-0.3, -0.25) is 4.79 Å². The number of para-hydroxylation sites is 1. The zero-order valence-corrected chi connectivity index (χ0v) is 9.67. The normalized spacial score (nSPS) is 9.88. The predicted molar refractivity (Wildman–Crippen MR) is 63.6 cm³/mol. The highest BCUT2D eigenvalue weighted by Crippen LogP contribution is 2.22. The molecule has 0 saturated heterocycles. The van der Waals surface area contributed by atoms with Crippen molar-refractivity contribution in [2.45, 2.75) is 6.42 Å². The van der Waals surface area contributed by atoms with Crippen molar-refractivity contribution in [3.8, 4) is 5.75 Å². The van der Waals surface area contributed by atoms with Gasteiger partial charge in [-0.25, -0.2) is 0 Å². The molecule has 1 aromatic rings. The van der Waals surface area contributed by atoms with Gasteiger partial charge in [0.25, 0.3) is 0 Å². The molecule has 0 spiro atoms. The quantitative estimate of drug-likeness (QED) is 0.737. The van der Waals surface area contributed by atoms with Gasteiger partial charge in [0, 0.05) is 13.0 Å². The molecule has 0 aliphatic carbocycles. The second kappa shape index (κ2) is 7.09. The summed E-state index contributed by atoms with van der Waals surface area (Å²) in [6.45, 7) is 1.20. The van der Waals surface area contributed by atoms with E-state index in [-0.39, 0.29) is 5.91 Å². The first kappa shape index (κ1) is 12.8. The van der Waals surface area contributed by atoms with E-state index in [0.29, 0.717) is 36.9 Å². The van der Waals surface area contributed by atoms with Gasteiger partial charge in [0.05, 0.1) is 11.6 Å². The van der Waals surface area contributed by atoms with Crippen molar-refractivity contribution >= 4 is 17.5 Å². The molecule has 3 N–H and O–H groups in total. The first-order chi connectivity index (χ1) is 7.74. The third kappa shape index (κ3) is 4.51. The summed E-state index contributed by atoms with van der Waals surface area (Å²) >= 11 is 5.89. The number of rotatable bonds is 6. The Labute approximate surface area is 99.7 Å². The van der Waals surface area contributed by atoms with Crippen LogP contribution in [0.3, 0.4) is 0 Å². The second-order valence-corrected chi connectivity index (χ2v) is 3.57. The molecule has 0 bridgehead atoms. The molecule has 0 aromatic heterocycles. The Morgan fingerprint density at radius 2 is 2.19 bits per heavy atom. The standard InChI is InChI=1S/C11H15ClN2O2/c12-9-3-1-2-4-10(9)16-8-7-14-11(15)5-6-13/h1-4H,5-8,13H2,(H,14,15). The Morgan fingerprint density at radius 1 is 1.44 bits per heavy atom. The molecule has 0 atom stereocenters. The van der Waals surface area contributed by atoms with Crippen LogP contribution in [-0.4, -0.2) is 25.6 Å². The summed E-state index contributed by atoms with van der Waals surface area (Å²) in [5, 5.41) is 3.25. The van der Waals surface area contributed by atoms with Gasteiger partial charge in [0.1, 0.15) is 12.4 Å². The summed E-state index contributed by atoms with van der Waals surface area (Å²) in [5.41, 5.74) is 5.24. The molecular weight excluding hydrogens is 228 g/mol. The summed E-state index contributed by atoms with van der Waals surface area (Å²) < 4.78 is 5.39. The molecule has 0 radical (unpaired) electrons. The summed E-state index contributed by atoms with van der Waals surface area (Å²) in [6, 6.07) is 7.21. The summed E-state index contributed by atoms with van der Waals surface area (Å²) in [5.74, 6) is 0.558. The Hall–Kier alpha value is -1.26. The van der Waals surface area contributed by atoms with Gasteiger partial charge in [0.15, 0.2) is 0 Å². The van der Waals surface area contributed by atoms with E-state index < -0.39 is 0 Å². The number of nitrogens with two attached hydrogens (primary N) is 1. The van der Waals surface area contributed by atoms with E-state index in [1.165, 1.54) is 0 Å². The maximum absolute atomic E-state index is 11.0. The molecule has 0 aliphatic heterocycles. The number of hydrogen-bond acceptors (Lipinski definition) is 3. The van der Waals surface area contributed by atoms with Gasteiger partial charge in [-0.15, -0.1) is 0 Å². The zero-order chi connectivity index (χ0) is 11.8. The molecule has 4 nitrogen and oxygen atoms in total. The number of amides is 1. The smallest absolute Gasteiger partial charge is 0.221 e. The molecule has 1 rings (SSSR count). The topological polar surface area (TPSA) is 64.4 Å². The van der Waals surface area contributed by atoms with Crippen molar-refractivity contribution in [1.82, 2.24) is 5.32 Å². The summed E-state index contributed by atoms with van der Waals surface area (Å²) in [4.78, 5) is 11.0. The third-order valence-corrected chi connectivity index (χ3v) is 2.20. The number of benzene rings is 1. The number of hydrogen-bond donors (Lipinski definition) is 2. The van der Waals surface area contributed by atoms with Gasteiger partial charge in [-0.05, 0) is 12.1 Å². The highest BCUT2D eigenvalue weighted by molar-refractivity contribution is 6.32. The lowest BCUT2D eigenvalue weighted by Gasteiger charge is -2.08. The second-order valence-electron chi connectivity index (χ2n) is 3.17. The fourth-order valence-electron chi connectivity index (χ4n) is 1.13. The van der Waals surface area contributed by atoms with Crippen molar-refractivity contribution in [3.05, 3.63) is 29.3 Å². The van der Waals surface area contributed by atoms with E-state index in [1.54, 1.807) is 12.1 Å². The van der Waals surface area contributed by atoms with Gasteiger partial charge < -0.3 is 15.8 Å². The molecule has 0 heterocycles. The molecule has 1 aromatic carbocycles. The van der Waals surface area contributed by atoms with Gasteiger partial charge >= 0.3 is 0 Å². The van der Waals surface area contributed by atoms with E-state index in [4.69, 9.17) is 22.1 Å². The van der Waals surface area contributed by atoms with E-state index in [2.05, 4.69) is 5.32 Å². The van der Waals surface area contributed by atoms with Crippen LogP contribution >= 0.6 is 11.6 Å². The minimum atomic E-state index is -0.0646. The number of carbonyl (C=O) groups is 1. The number of nitrogens with one attached hydrogen (secondary N) is 1. The van der Waals surface area contributed by atoms with Crippen LogP contribution in [-0.2, 0) is 4.79 Å². The van der Waals surface area contributed by atoms with Crippen LogP contribution in [0.2, 0.25) is 5.02 Å². The van der Waals surface area contributed by atoms with Crippen LogP contribution in [0.25, 0.3) is 0 Å². The van der Waals surface area contributed by atoms with Crippen molar-refractivity contribution in [2.24, 2.45) is 5.73 Å². The average molecular weight is 243 g/mol. The monoisotopic (exact) mass is 242 g/mol. The molecule has 0 unspecified atom stereocenters. The predicted octanol–water partition coefficient (Wildman–Crippen LogP) is 1.18. The number of ether oxygens (including phenoxy) is 1. The van der Waals surface area contributed by atoms with Crippen molar-refractivity contribution in [3.63, 3.8) is 0 Å². The molecule has 88 valence electrons. The Kier molecular flexibility index (Phi) is 5.67. The molecule has 16 heavy (non-hydrogen) atoms. The van der Waals surface area contributed by atoms with Crippen LogP contribution in [0.1, 0.15) is 6.42 Å². The first-order valence-electron chi connectivity index (χ1n) is 5.08. The van der Waals surface area contributed by atoms with Crippen LogP contribution < -0.4 is 15.8 Å². The lowest BCUT2D eigenvalue weighted by Crippen LogP contribution is -2.29.